The highest BCUT2D eigenvalue weighted by molar-refractivity contribution is 8.14. The molecular weight excluding hydrogens is 252 g/mol. The number of thioether (sulfide) groups is 2. The van der Waals surface area contributed by atoms with Crippen LogP contribution in [-0.4, -0.2) is 55.7 Å². The molecule has 3 fully saturated rings. The van der Waals surface area contributed by atoms with E-state index in [1.54, 1.807) is 0 Å². The van der Waals surface area contributed by atoms with Gasteiger partial charge in [-0.25, -0.2) is 0 Å². The van der Waals surface area contributed by atoms with Gasteiger partial charge in [0.1, 0.15) is 12.1 Å². The average Bonchev–Trinajstić information content (AvgIpc) is 2.80. The second-order valence-electron chi connectivity index (χ2n) is 3.60. The molecule has 3 aliphatic rings. The Kier molecular flexibility index (Phi) is 2.05. The number of rotatable bonds is 0. The summed E-state index contributed by atoms with van der Waals surface area (Å²) in [6.07, 6.45) is 0. The maximum atomic E-state index is 11.9. The number of hydrogen-bond donors (Lipinski definition) is 0. The topological polar surface area (TPSA) is 74.8 Å². The van der Waals surface area contributed by atoms with Crippen LogP contribution in [0, 0.1) is 0 Å². The zero-order chi connectivity index (χ0) is 11.4. The second kappa shape index (κ2) is 3.24. The van der Waals surface area contributed by atoms with E-state index in [9.17, 15) is 19.2 Å². The van der Waals surface area contributed by atoms with Gasteiger partial charge in [0.2, 0.25) is 0 Å². The Labute approximate surface area is 98.7 Å². The van der Waals surface area contributed by atoms with Crippen LogP contribution in [0.15, 0.2) is 0 Å². The Morgan fingerprint density at radius 2 is 1.19 bits per heavy atom. The van der Waals surface area contributed by atoms with E-state index in [-0.39, 0.29) is 22.0 Å². The van der Waals surface area contributed by atoms with Crippen LogP contribution in [0.5, 0.6) is 0 Å². The molecule has 0 aromatic heterocycles. The third-order valence-electron chi connectivity index (χ3n) is 2.79. The summed E-state index contributed by atoms with van der Waals surface area (Å²) in [7, 11) is 0. The van der Waals surface area contributed by atoms with Gasteiger partial charge in [0, 0.05) is 11.5 Å². The molecule has 3 rings (SSSR count). The quantitative estimate of drug-likeness (QED) is 0.614. The van der Waals surface area contributed by atoms with Gasteiger partial charge in [-0.05, 0) is 0 Å². The monoisotopic (exact) mass is 258 g/mol. The lowest BCUT2D eigenvalue weighted by Crippen LogP contribution is -2.63. The fourth-order valence-corrected chi connectivity index (χ4v) is 3.91. The molecule has 4 amide bonds. The first-order chi connectivity index (χ1) is 7.61. The van der Waals surface area contributed by atoms with Crippen LogP contribution >= 0.6 is 23.5 Å². The largest absolute Gasteiger partial charge is 0.289 e. The van der Waals surface area contributed by atoms with Crippen molar-refractivity contribution >= 4 is 45.8 Å². The standard InChI is InChI=1S/C8H6N2O4S2/c11-5-3-1-15-7(13)9(3)6(12)4-2-16-8(14)10(4)5/h3-4H,1-2H2. The van der Waals surface area contributed by atoms with Crippen LogP contribution in [-0.2, 0) is 9.59 Å². The van der Waals surface area contributed by atoms with Crippen LogP contribution in [0.3, 0.4) is 0 Å². The summed E-state index contributed by atoms with van der Waals surface area (Å²) in [5.41, 5.74) is 0. The average molecular weight is 258 g/mol. The van der Waals surface area contributed by atoms with E-state index >= 15 is 0 Å². The molecule has 16 heavy (non-hydrogen) atoms. The van der Waals surface area contributed by atoms with E-state index in [1.165, 1.54) is 0 Å². The van der Waals surface area contributed by atoms with Crippen molar-refractivity contribution in [2.24, 2.45) is 0 Å². The molecule has 2 unspecified atom stereocenters. The van der Waals surface area contributed by atoms with Crippen molar-refractivity contribution in [3.8, 4) is 0 Å². The van der Waals surface area contributed by atoms with Crippen molar-refractivity contribution in [3.63, 3.8) is 0 Å². The number of carbonyl (C=O) groups is 4. The van der Waals surface area contributed by atoms with E-state index in [1.807, 2.05) is 0 Å². The Bertz CT molecular complexity index is 398. The van der Waals surface area contributed by atoms with Gasteiger partial charge in [-0.15, -0.1) is 0 Å². The molecule has 0 saturated carbocycles. The first-order valence-electron chi connectivity index (χ1n) is 4.61. The zero-order valence-corrected chi connectivity index (χ0v) is 9.55. The van der Waals surface area contributed by atoms with E-state index < -0.39 is 23.9 Å². The van der Waals surface area contributed by atoms with Crippen molar-refractivity contribution in [2.75, 3.05) is 11.5 Å². The maximum Gasteiger partial charge on any atom is 0.289 e. The number of hydrogen-bond acceptors (Lipinski definition) is 6. The van der Waals surface area contributed by atoms with E-state index in [0.29, 0.717) is 0 Å². The highest BCUT2D eigenvalue weighted by Gasteiger charge is 2.56. The summed E-state index contributed by atoms with van der Waals surface area (Å²) in [6, 6.07) is -1.55. The molecule has 3 heterocycles. The van der Waals surface area contributed by atoms with Gasteiger partial charge in [0.15, 0.2) is 0 Å². The van der Waals surface area contributed by atoms with Crippen LogP contribution in [0.25, 0.3) is 0 Å². The van der Waals surface area contributed by atoms with Gasteiger partial charge < -0.3 is 0 Å². The summed E-state index contributed by atoms with van der Waals surface area (Å²) < 4.78 is 0. The molecular formula is C8H6N2O4S2. The highest BCUT2D eigenvalue weighted by Crippen LogP contribution is 2.36. The summed E-state index contributed by atoms with van der Waals surface area (Å²) >= 11 is 1.90. The van der Waals surface area contributed by atoms with Gasteiger partial charge >= 0.3 is 0 Å². The third-order valence-corrected chi connectivity index (χ3v) is 4.64. The lowest BCUT2D eigenvalue weighted by molar-refractivity contribution is -0.150. The predicted octanol–water partition coefficient (Wildman–Crippen LogP) is 0.128. The minimum absolute atomic E-state index is 0.255. The summed E-state index contributed by atoms with van der Waals surface area (Å²) in [5.74, 6) is -0.328. The Balaban J connectivity index is 2.03. The molecule has 0 N–H and O–H groups in total. The second-order valence-corrected chi connectivity index (χ2v) is 5.54. The fraction of sp³-hybridized carbons (Fsp3) is 0.500. The lowest BCUT2D eigenvalue weighted by Gasteiger charge is -2.34. The van der Waals surface area contributed by atoms with Crippen molar-refractivity contribution in [1.29, 1.82) is 0 Å². The first-order valence-corrected chi connectivity index (χ1v) is 6.58. The molecule has 3 saturated heterocycles. The van der Waals surface area contributed by atoms with Crippen molar-refractivity contribution < 1.29 is 19.2 Å². The smallest absolute Gasteiger partial charge is 0.272 e. The SMILES string of the molecule is O=C1SCC2C(=O)N3C(=O)SCC3C(=O)N12. The Morgan fingerprint density at radius 3 is 1.56 bits per heavy atom. The van der Waals surface area contributed by atoms with E-state index in [2.05, 4.69) is 0 Å². The highest BCUT2D eigenvalue weighted by atomic mass is 32.2. The van der Waals surface area contributed by atoms with Gasteiger partial charge in [-0.1, -0.05) is 23.5 Å². The summed E-state index contributed by atoms with van der Waals surface area (Å²) in [4.78, 5) is 48.7. The minimum atomic E-state index is -0.774. The number of carbonyl (C=O) groups excluding carboxylic acids is 4. The summed E-state index contributed by atoms with van der Waals surface area (Å²) in [6.45, 7) is 0. The molecule has 0 aromatic rings. The molecule has 0 spiro atoms. The molecule has 8 heteroatoms. The molecule has 2 atom stereocenters. The lowest BCUT2D eigenvalue weighted by atomic mass is 10.1. The summed E-state index contributed by atoms with van der Waals surface area (Å²) in [5, 5.41) is -0.764. The number of nitrogens with zero attached hydrogens (tertiary/aromatic N) is 2. The van der Waals surface area contributed by atoms with Gasteiger partial charge in [-0.2, -0.15) is 0 Å². The molecule has 0 aromatic carbocycles. The van der Waals surface area contributed by atoms with Crippen LogP contribution in [0.4, 0.5) is 9.59 Å². The maximum absolute atomic E-state index is 11.9. The van der Waals surface area contributed by atoms with Gasteiger partial charge in [0.25, 0.3) is 22.3 Å². The molecule has 3 aliphatic heterocycles. The number of imide groups is 2. The van der Waals surface area contributed by atoms with Gasteiger partial charge in [-0.3, -0.25) is 29.0 Å². The normalized spacial score (nSPS) is 33.5. The van der Waals surface area contributed by atoms with E-state index in [4.69, 9.17) is 0 Å². The molecule has 0 radical (unpaired) electrons. The van der Waals surface area contributed by atoms with Crippen molar-refractivity contribution in [2.45, 2.75) is 12.1 Å². The molecule has 0 bridgehead atoms. The van der Waals surface area contributed by atoms with Crippen molar-refractivity contribution in [1.82, 2.24) is 9.80 Å². The molecule has 6 nitrogen and oxygen atoms in total. The van der Waals surface area contributed by atoms with Crippen LogP contribution in [0.2, 0.25) is 0 Å². The number of piperazine rings is 1. The number of fused-ring (bicyclic) bond motifs is 2. The molecule has 0 aliphatic carbocycles. The fourth-order valence-electron chi connectivity index (χ4n) is 2.01. The Hall–Kier alpha value is -1.02. The van der Waals surface area contributed by atoms with Crippen molar-refractivity contribution in [3.05, 3.63) is 0 Å². The molecule has 84 valence electrons. The Morgan fingerprint density at radius 1 is 0.812 bits per heavy atom. The number of amides is 4. The third kappa shape index (κ3) is 1.11. The van der Waals surface area contributed by atoms with Crippen LogP contribution in [0.1, 0.15) is 0 Å². The van der Waals surface area contributed by atoms with E-state index in [0.717, 1.165) is 33.3 Å². The first kappa shape index (κ1) is 10.2. The minimum Gasteiger partial charge on any atom is -0.272 e. The van der Waals surface area contributed by atoms with Crippen LogP contribution < -0.4 is 0 Å². The van der Waals surface area contributed by atoms with Gasteiger partial charge in [0.05, 0.1) is 0 Å². The predicted molar refractivity (Wildman–Crippen MR) is 57.0 cm³/mol. The zero-order valence-electron chi connectivity index (χ0n) is 7.91.